The fourth-order valence-electron chi connectivity index (χ4n) is 4.05. The van der Waals surface area contributed by atoms with E-state index in [0.717, 1.165) is 39.8 Å². The minimum Gasteiger partial charge on any atom is -0.492 e. The summed E-state index contributed by atoms with van der Waals surface area (Å²) >= 11 is 0. The lowest BCUT2D eigenvalue weighted by Gasteiger charge is -2.13. The first-order chi connectivity index (χ1) is 17.0. The van der Waals surface area contributed by atoms with Crippen molar-refractivity contribution in [2.45, 2.75) is 0 Å². The Morgan fingerprint density at radius 1 is 0.914 bits per heavy atom. The molecule has 0 aliphatic carbocycles. The van der Waals surface area contributed by atoms with E-state index in [4.69, 9.17) is 15.5 Å². The van der Waals surface area contributed by atoms with Crippen molar-refractivity contribution in [2.24, 2.45) is 5.73 Å². The minimum atomic E-state index is -0.543. The van der Waals surface area contributed by atoms with Gasteiger partial charge in [0.1, 0.15) is 17.9 Å². The summed E-state index contributed by atoms with van der Waals surface area (Å²) in [6.07, 6.45) is 5.31. The van der Waals surface area contributed by atoms with E-state index in [-0.39, 0.29) is 0 Å². The fourth-order valence-corrected chi connectivity index (χ4v) is 4.05. The molecule has 0 spiro atoms. The number of carbonyl (C=O) groups excluding carboxylic acids is 1. The van der Waals surface area contributed by atoms with E-state index in [1.165, 1.54) is 0 Å². The highest BCUT2D eigenvalue weighted by atomic mass is 16.5. The van der Waals surface area contributed by atoms with Gasteiger partial charge >= 0.3 is 0 Å². The van der Waals surface area contributed by atoms with Gasteiger partial charge in [-0.05, 0) is 49.8 Å². The molecule has 5 rings (SSSR count). The highest BCUT2D eigenvalue weighted by Gasteiger charge is 2.17. The van der Waals surface area contributed by atoms with Crippen LogP contribution in [0.3, 0.4) is 0 Å². The highest BCUT2D eigenvalue weighted by Crippen LogP contribution is 2.34. The largest absolute Gasteiger partial charge is 0.492 e. The van der Waals surface area contributed by atoms with Crippen LogP contribution in [0.5, 0.6) is 5.75 Å². The van der Waals surface area contributed by atoms with Crippen LogP contribution in [0.4, 0.5) is 0 Å². The average Bonchev–Trinajstić information content (AvgIpc) is 2.87. The van der Waals surface area contributed by atoms with E-state index in [1.807, 2.05) is 81.1 Å². The van der Waals surface area contributed by atoms with Crippen LogP contribution >= 0.6 is 0 Å². The van der Waals surface area contributed by atoms with Crippen molar-refractivity contribution in [3.63, 3.8) is 0 Å². The summed E-state index contributed by atoms with van der Waals surface area (Å²) in [5.41, 5.74) is 10.4. The second-order valence-corrected chi connectivity index (χ2v) is 8.56. The fraction of sp³-hybridized carbons (Fsp3) is 0.143. The smallest absolute Gasteiger partial charge is 0.250 e. The summed E-state index contributed by atoms with van der Waals surface area (Å²) in [4.78, 5) is 28.2. The standard InChI is InChI=1S/C28H25N5O2/c1-33(2)13-14-35-20-9-7-18(8-10-20)25-17-31-26-23(28(29)34)12-11-22(27(26)32-25)24-16-30-15-19-5-3-4-6-21(19)24/h3-12,15-17H,13-14H2,1-2H3,(H2,29,34). The zero-order valence-electron chi connectivity index (χ0n) is 19.6. The van der Waals surface area contributed by atoms with Gasteiger partial charge in [0.15, 0.2) is 0 Å². The summed E-state index contributed by atoms with van der Waals surface area (Å²) in [5, 5.41) is 2.06. The van der Waals surface area contributed by atoms with Crippen molar-refractivity contribution >= 4 is 27.7 Å². The Labute approximate surface area is 203 Å². The van der Waals surface area contributed by atoms with Crippen LogP contribution in [0.25, 0.3) is 44.2 Å². The quantitative estimate of drug-likeness (QED) is 0.381. The van der Waals surface area contributed by atoms with Crippen LogP contribution in [0.1, 0.15) is 10.4 Å². The molecule has 7 nitrogen and oxygen atoms in total. The number of nitrogens with zero attached hydrogens (tertiary/aromatic N) is 4. The molecule has 174 valence electrons. The Morgan fingerprint density at radius 2 is 1.71 bits per heavy atom. The molecule has 3 aromatic carbocycles. The van der Waals surface area contributed by atoms with Crippen LogP contribution in [-0.4, -0.2) is 53.0 Å². The third-order valence-electron chi connectivity index (χ3n) is 5.88. The van der Waals surface area contributed by atoms with Gasteiger partial charge in [0.25, 0.3) is 5.91 Å². The van der Waals surface area contributed by atoms with E-state index in [1.54, 1.807) is 12.3 Å². The summed E-state index contributed by atoms with van der Waals surface area (Å²) in [6.45, 7) is 1.45. The number of carbonyl (C=O) groups is 1. The molecule has 0 atom stereocenters. The molecular weight excluding hydrogens is 438 g/mol. The highest BCUT2D eigenvalue weighted by molar-refractivity contribution is 6.10. The third-order valence-corrected chi connectivity index (χ3v) is 5.88. The maximum Gasteiger partial charge on any atom is 0.250 e. The summed E-state index contributed by atoms with van der Waals surface area (Å²) < 4.78 is 5.80. The summed E-state index contributed by atoms with van der Waals surface area (Å²) in [7, 11) is 4.02. The number of amides is 1. The van der Waals surface area contributed by atoms with E-state index in [9.17, 15) is 4.79 Å². The van der Waals surface area contributed by atoms with Crippen molar-refractivity contribution < 1.29 is 9.53 Å². The number of ether oxygens (including phenoxy) is 1. The van der Waals surface area contributed by atoms with E-state index in [2.05, 4.69) is 14.9 Å². The first kappa shape index (κ1) is 22.4. The summed E-state index contributed by atoms with van der Waals surface area (Å²) in [5.74, 6) is 0.252. The Kier molecular flexibility index (Phi) is 6.08. The maximum absolute atomic E-state index is 12.1. The number of rotatable bonds is 7. The van der Waals surface area contributed by atoms with Gasteiger partial charge in [0, 0.05) is 41.0 Å². The van der Waals surface area contributed by atoms with Crippen molar-refractivity contribution in [1.29, 1.82) is 0 Å². The Hall–Kier alpha value is -4.36. The zero-order valence-corrected chi connectivity index (χ0v) is 19.6. The van der Waals surface area contributed by atoms with Crippen LogP contribution in [0.15, 0.2) is 79.3 Å². The van der Waals surface area contributed by atoms with Gasteiger partial charge in [-0.1, -0.05) is 30.3 Å². The molecule has 0 saturated heterocycles. The number of likely N-dealkylation sites (N-methyl/N-ethyl adjacent to an activating group) is 1. The van der Waals surface area contributed by atoms with Crippen molar-refractivity contribution in [1.82, 2.24) is 19.9 Å². The number of nitrogens with two attached hydrogens (primary N) is 1. The molecule has 0 bridgehead atoms. The zero-order chi connectivity index (χ0) is 24.4. The monoisotopic (exact) mass is 463 g/mol. The number of benzene rings is 3. The lowest BCUT2D eigenvalue weighted by atomic mass is 9.97. The molecule has 0 saturated carbocycles. The molecule has 7 heteroatoms. The molecule has 2 aromatic heterocycles. The minimum absolute atomic E-state index is 0.334. The normalized spacial score (nSPS) is 11.3. The predicted molar refractivity (Wildman–Crippen MR) is 138 cm³/mol. The number of aromatic nitrogens is 3. The second kappa shape index (κ2) is 9.48. The van der Waals surface area contributed by atoms with Gasteiger partial charge in [0.05, 0.1) is 23.0 Å². The van der Waals surface area contributed by atoms with Gasteiger partial charge in [-0.15, -0.1) is 0 Å². The number of primary amides is 1. The molecule has 0 aliphatic rings. The molecule has 1 amide bonds. The third kappa shape index (κ3) is 4.54. The van der Waals surface area contributed by atoms with Crippen LogP contribution in [0.2, 0.25) is 0 Å². The average molecular weight is 464 g/mol. The lowest BCUT2D eigenvalue weighted by Crippen LogP contribution is -2.19. The first-order valence-corrected chi connectivity index (χ1v) is 11.3. The first-order valence-electron chi connectivity index (χ1n) is 11.3. The van der Waals surface area contributed by atoms with Crippen LogP contribution in [0, 0.1) is 0 Å². The molecule has 2 heterocycles. The second-order valence-electron chi connectivity index (χ2n) is 8.56. The van der Waals surface area contributed by atoms with Gasteiger partial charge in [-0.3, -0.25) is 14.8 Å². The van der Waals surface area contributed by atoms with Crippen LogP contribution < -0.4 is 10.5 Å². The lowest BCUT2D eigenvalue weighted by molar-refractivity contribution is 0.100. The molecule has 0 radical (unpaired) electrons. The molecular formula is C28H25N5O2. The maximum atomic E-state index is 12.1. The van der Waals surface area contributed by atoms with Crippen molar-refractivity contribution in [3.8, 4) is 28.1 Å². The van der Waals surface area contributed by atoms with Gasteiger partial charge in [-0.2, -0.15) is 0 Å². The van der Waals surface area contributed by atoms with E-state index >= 15 is 0 Å². The molecule has 0 unspecified atom stereocenters. The van der Waals surface area contributed by atoms with E-state index in [0.29, 0.717) is 28.9 Å². The molecule has 2 N–H and O–H groups in total. The predicted octanol–water partition coefficient (Wildman–Crippen LogP) is 4.55. The topological polar surface area (TPSA) is 94.2 Å². The Bertz CT molecular complexity index is 1530. The number of hydrogen-bond acceptors (Lipinski definition) is 6. The SMILES string of the molecule is CN(C)CCOc1ccc(-c2cnc3c(C(N)=O)ccc(-c4cncc5ccccc45)c3n2)cc1. The number of pyridine rings is 1. The molecule has 5 aromatic rings. The van der Waals surface area contributed by atoms with Gasteiger partial charge in [-0.25, -0.2) is 4.98 Å². The number of hydrogen-bond donors (Lipinski definition) is 1. The van der Waals surface area contributed by atoms with Crippen LogP contribution in [-0.2, 0) is 0 Å². The Morgan fingerprint density at radius 3 is 2.49 bits per heavy atom. The molecule has 35 heavy (non-hydrogen) atoms. The summed E-state index contributed by atoms with van der Waals surface area (Å²) in [6, 6.07) is 19.4. The molecule has 0 fully saturated rings. The van der Waals surface area contributed by atoms with Crippen molar-refractivity contribution in [2.75, 3.05) is 27.2 Å². The van der Waals surface area contributed by atoms with E-state index < -0.39 is 5.91 Å². The van der Waals surface area contributed by atoms with Gasteiger partial charge in [0.2, 0.25) is 0 Å². The number of fused-ring (bicyclic) bond motifs is 2. The molecule has 0 aliphatic heterocycles. The Balaban J connectivity index is 1.61. The van der Waals surface area contributed by atoms with Crippen molar-refractivity contribution in [3.05, 3.63) is 84.8 Å². The van der Waals surface area contributed by atoms with Gasteiger partial charge < -0.3 is 15.4 Å².